The molecule has 154 valence electrons. The van der Waals surface area contributed by atoms with Crippen LogP contribution in [0.15, 0.2) is 47.4 Å². The fraction of sp³-hybridized carbons (Fsp3) is 0.300. The standard InChI is InChI=1S/C20H23FN4O3S/c1-12(25-29(27,28)15-8-5-13(21)6-9-15)18(26)22-14-7-10-16-17(11-14)24-19(23-16)20(2,3)4/h5-12,25H,1-4H3,(H,22,26)(H,23,24)/t12-/m1/s1. The van der Waals surface area contributed by atoms with Crippen LogP contribution in [0.2, 0.25) is 0 Å². The lowest BCUT2D eigenvalue weighted by atomic mass is 9.96. The minimum absolute atomic E-state index is 0.118. The Morgan fingerprint density at radius 2 is 1.79 bits per heavy atom. The number of nitrogens with zero attached hydrogens (tertiary/aromatic N) is 1. The lowest BCUT2D eigenvalue weighted by Gasteiger charge is -2.14. The molecule has 0 spiro atoms. The lowest BCUT2D eigenvalue weighted by Crippen LogP contribution is -2.41. The summed E-state index contributed by atoms with van der Waals surface area (Å²) in [6.07, 6.45) is 0. The first-order chi connectivity index (χ1) is 13.5. The topological polar surface area (TPSA) is 104 Å². The number of anilines is 1. The second-order valence-electron chi connectivity index (χ2n) is 7.85. The predicted molar refractivity (Wildman–Crippen MR) is 110 cm³/mol. The molecule has 0 fully saturated rings. The number of hydrogen-bond acceptors (Lipinski definition) is 4. The molecule has 29 heavy (non-hydrogen) atoms. The van der Waals surface area contributed by atoms with Crippen molar-refractivity contribution < 1.29 is 17.6 Å². The Morgan fingerprint density at radius 3 is 2.41 bits per heavy atom. The van der Waals surface area contributed by atoms with Gasteiger partial charge in [0.15, 0.2) is 0 Å². The molecule has 1 heterocycles. The van der Waals surface area contributed by atoms with Gasteiger partial charge in [-0.25, -0.2) is 17.8 Å². The van der Waals surface area contributed by atoms with Crippen LogP contribution in [0.1, 0.15) is 33.5 Å². The Kier molecular flexibility index (Phi) is 5.46. The highest BCUT2D eigenvalue weighted by Crippen LogP contribution is 2.24. The zero-order valence-corrected chi connectivity index (χ0v) is 17.4. The molecule has 9 heteroatoms. The molecule has 1 atom stereocenters. The van der Waals surface area contributed by atoms with Crippen molar-refractivity contribution in [3.63, 3.8) is 0 Å². The molecule has 0 saturated heterocycles. The molecule has 1 aromatic heterocycles. The Morgan fingerprint density at radius 1 is 1.14 bits per heavy atom. The van der Waals surface area contributed by atoms with Gasteiger partial charge in [-0.15, -0.1) is 0 Å². The minimum atomic E-state index is -3.95. The van der Waals surface area contributed by atoms with Gasteiger partial charge in [-0.2, -0.15) is 4.72 Å². The summed E-state index contributed by atoms with van der Waals surface area (Å²) in [7, 11) is -3.95. The Labute approximate surface area is 168 Å². The number of benzene rings is 2. The number of halogens is 1. The van der Waals surface area contributed by atoms with Crippen molar-refractivity contribution in [3.05, 3.63) is 54.1 Å². The van der Waals surface area contributed by atoms with Crippen molar-refractivity contribution in [3.8, 4) is 0 Å². The Balaban J connectivity index is 1.72. The highest BCUT2D eigenvalue weighted by molar-refractivity contribution is 7.89. The molecule has 0 aliphatic heterocycles. The molecule has 0 aliphatic carbocycles. The number of aromatic amines is 1. The number of imidazole rings is 1. The number of H-pyrrole nitrogens is 1. The molecule has 1 amide bonds. The zero-order valence-electron chi connectivity index (χ0n) is 16.6. The van der Waals surface area contributed by atoms with Gasteiger partial charge in [-0.1, -0.05) is 20.8 Å². The number of rotatable bonds is 5. The van der Waals surface area contributed by atoms with E-state index in [-0.39, 0.29) is 10.3 Å². The van der Waals surface area contributed by atoms with Crippen molar-refractivity contribution in [2.75, 3.05) is 5.32 Å². The number of amides is 1. The van der Waals surface area contributed by atoms with Crippen molar-refractivity contribution in [1.29, 1.82) is 0 Å². The van der Waals surface area contributed by atoms with Gasteiger partial charge >= 0.3 is 0 Å². The first-order valence-electron chi connectivity index (χ1n) is 9.05. The molecule has 3 rings (SSSR count). The number of nitrogens with one attached hydrogen (secondary N) is 3. The van der Waals surface area contributed by atoms with E-state index < -0.39 is 27.8 Å². The van der Waals surface area contributed by atoms with Crippen LogP contribution in [0.3, 0.4) is 0 Å². The molecule has 0 aliphatic rings. The second kappa shape index (κ2) is 7.57. The van der Waals surface area contributed by atoms with E-state index in [0.717, 1.165) is 41.1 Å². The average molecular weight is 418 g/mol. The molecule has 3 N–H and O–H groups in total. The smallest absolute Gasteiger partial charge is 0.242 e. The monoisotopic (exact) mass is 418 g/mol. The first-order valence-corrected chi connectivity index (χ1v) is 10.5. The third kappa shape index (κ3) is 4.80. The molecule has 7 nitrogen and oxygen atoms in total. The van der Waals surface area contributed by atoms with Gasteiger partial charge in [-0.3, -0.25) is 4.79 Å². The van der Waals surface area contributed by atoms with Crippen LogP contribution in [0.4, 0.5) is 10.1 Å². The maximum Gasteiger partial charge on any atom is 0.242 e. The van der Waals surface area contributed by atoms with Gasteiger partial charge in [0.25, 0.3) is 0 Å². The largest absolute Gasteiger partial charge is 0.341 e. The minimum Gasteiger partial charge on any atom is -0.341 e. The average Bonchev–Trinajstić information content (AvgIpc) is 3.05. The maximum atomic E-state index is 13.0. The molecular formula is C20H23FN4O3S. The Hall–Kier alpha value is -2.78. The van der Waals surface area contributed by atoms with Crippen LogP contribution in [0, 0.1) is 5.82 Å². The van der Waals surface area contributed by atoms with Crippen molar-refractivity contribution in [2.45, 2.75) is 44.0 Å². The molecule has 0 radical (unpaired) electrons. The number of hydrogen-bond donors (Lipinski definition) is 3. The van der Waals surface area contributed by atoms with Gasteiger partial charge in [-0.05, 0) is 49.4 Å². The lowest BCUT2D eigenvalue weighted by molar-refractivity contribution is -0.117. The van der Waals surface area contributed by atoms with Crippen molar-refractivity contribution >= 4 is 32.7 Å². The summed E-state index contributed by atoms with van der Waals surface area (Å²) >= 11 is 0. The normalized spacial score (nSPS) is 13.4. The van der Waals surface area contributed by atoms with E-state index in [1.807, 2.05) is 20.8 Å². The number of carbonyl (C=O) groups excluding carboxylic acids is 1. The van der Waals surface area contributed by atoms with Gasteiger partial charge in [0, 0.05) is 11.1 Å². The van der Waals surface area contributed by atoms with E-state index in [9.17, 15) is 17.6 Å². The van der Waals surface area contributed by atoms with Crippen LogP contribution in [0.5, 0.6) is 0 Å². The number of aromatic nitrogens is 2. The van der Waals surface area contributed by atoms with E-state index in [2.05, 4.69) is 20.0 Å². The third-order valence-electron chi connectivity index (χ3n) is 4.31. The van der Waals surface area contributed by atoms with Gasteiger partial charge in [0.1, 0.15) is 11.6 Å². The van der Waals surface area contributed by atoms with Crippen molar-refractivity contribution in [2.24, 2.45) is 0 Å². The fourth-order valence-corrected chi connectivity index (χ4v) is 3.86. The van der Waals surface area contributed by atoms with Crippen molar-refractivity contribution in [1.82, 2.24) is 14.7 Å². The summed E-state index contributed by atoms with van der Waals surface area (Å²) in [5, 5.41) is 2.69. The highest BCUT2D eigenvalue weighted by Gasteiger charge is 2.23. The molecule has 0 bridgehead atoms. The molecule has 2 aromatic carbocycles. The summed E-state index contributed by atoms with van der Waals surface area (Å²) in [4.78, 5) is 20.1. The Bertz CT molecular complexity index is 1150. The third-order valence-corrected chi connectivity index (χ3v) is 5.87. The summed E-state index contributed by atoms with van der Waals surface area (Å²) in [5.74, 6) is -0.236. The summed E-state index contributed by atoms with van der Waals surface area (Å²) in [6, 6.07) is 8.57. The predicted octanol–water partition coefficient (Wildman–Crippen LogP) is 3.31. The van der Waals surface area contributed by atoms with Crippen LogP contribution in [-0.4, -0.2) is 30.3 Å². The SMILES string of the molecule is C[C@@H](NS(=O)(=O)c1ccc(F)cc1)C(=O)Nc1ccc2nc(C(C)(C)C)[nH]c2c1. The van der Waals surface area contributed by atoms with Crippen LogP contribution >= 0.6 is 0 Å². The zero-order chi connectivity index (χ0) is 21.4. The number of carbonyl (C=O) groups is 1. The van der Waals surface area contributed by atoms with E-state index in [1.54, 1.807) is 18.2 Å². The van der Waals surface area contributed by atoms with E-state index in [4.69, 9.17) is 0 Å². The molecule has 0 unspecified atom stereocenters. The highest BCUT2D eigenvalue weighted by atomic mass is 32.2. The van der Waals surface area contributed by atoms with Gasteiger partial charge in [0.2, 0.25) is 15.9 Å². The molecule has 0 saturated carbocycles. The summed E-state index contributed by atoms with van der Waals surface area (Å²) < 4.78 is 40.0. The van der Waals surface area contributed by atoms with Crippen LogP contribution in [0.25, 0.3) is 11.0 Å². The van der Waals surface area contributed by atoms with Gasteiger partial charge < -0.3 is 10.3 Å². The van der Waals surface area contributed by atoms with Crippen LogP contribution in [-0.2, 0) is 20.2 Å². The molecular weight excluding hydrogens is 395 g/mol. The molecule has 3 aromatic rings. The quantitative estimate of drug-likeness (QED) is 0.591. The summed E-state index contributed by atoms with van der Waals surface area (Å²) in [5.41, 5.74) is 1.92. The maximum absolute atomic E-state index is 13.0. The summed E-state index contributed by atoms with van der Waals surface area (Å²) in [6.45, 7) is 7.57. The van der Waals surface area contributed by atoms with E-state index in [0.29, 0.717) is 5.69 Å². The fourth-order valence-electron chi connectivity index (χ4n) is 2.66. The first kappa shape index (κ1) is 20.9. The number of fused-ring (bicyclic) bond motifs is 1. The van der Waals surface area contributed by atoms with Gasteiger partial charge in [0.05, 0.1) is 22.0 Å². The second-order valence-corrected chi connectivity index (χ2v) is 9.57. The van der Waals surface area contributed by atoms with E-state index in [1.165, 1.54) is 6.92 Å². The number of sulfonamides is 1. The van der Waals surface area contributed by atoms with E-state index >= 15 is 0 Å². The van der Waals surface area contributed by atoms with Crippen LogP contribution < -0.4 is 10.0 Å².